The van der Waals surface area contributed by atoms with Crippen LogP contribution in [-0.2, 0) is 13.0 Å². The van der Waals surface area contributed by atoms with E-state index in [2.05, 4.69) is 0 Å². The summed E-state index contributed by atoms with van der Waals surface area (Å²) in [6.45, 7) is 0.685. The van der Waals surface area contributed by atoms with E-state index in [1.54, 1.807) is 18.2 Å². The van der Waals surface area contributed by atoms with Crippen molar-refractivity contribution in [3.05, 3.63) is 65.0 Å². The van der Waals surface area contributed by atoms with Gasteiger partial charge in [-0.05, 0) is 48.4 Å². The SMILES string of the molecule is NCCc1cc(F)cc(OCc2ccc(C(=O)O)cc2)c1. The van der Waals surface area contributed by atoms with Gasteiger partial charge in [0.25, 0.3) is 0 Å². The summed E-state index contributed by atoms with van der Waals surface area (Å²) in [5.41, 5.74) is 7.27. The molecule has 0 atom stereocenters. The van der Waals surface area contributed by atoms with E-state index >= 15 is 0 Å². The Morgan fingerprint density at radius 3 is 2.48 bits per heavy atom. The van der Waals surface area contributed by atoms with E-state index in [-0.39, 0.29) is 18.0 Å². The normalized spacial score (nSPS) is 10.4. The molecule has 0 aliphatic carbocycles. The van der Waals surface area contributed by atoms with Crippen LogP contribution in [-0.4, -0.2) is 17.6 Å². The van der Waals surface area contributed by atoms with E-state index in [4.69, 9.17) is 15.6 Å². The number of benzene rings is 2. The van der Waals surface area contributed by atoms with Crippen molar-refractivity contribution < 1.29 is 19.0 Å². The maximum Gasteiger partial charge on any atom is 0.335 e. The third-order valence-electron chi connectivity index (χ3n) is 2.97. The molecule has 2 aromatic carbocycles. The fourth-order valence-corrected chi connectivity index (χ4v) is 1.93. The number of carboxylic acids is 1. The largest absolute Gasteiger partial charge is 0.489 e. The van der Waals surface area contributed by atoms with Gasteiger partial charge in [0.2, 0.25) is 0 Å². The molecule has 4 nitrogen and oxygen atoms in total. The van der Waals surface area contributed by atoms with Gasteiger partial charge in [0.15, 0.2) is 0 Å². The van der Waals surface area contributed by atoms with E-state index in [9.17, 15) is 9.18 Å². The highest BCUT2D eigenvalue weighted by Crippen LogP contribution is 2.18. The Bertz CT molecular complexity index is 626. The zero-order chi connectivity index (χ0) is 15.2. The average Bonchev–Trinajstić information content (AvgIpc) is 2.45. The van der Waals surface area contributed by atoms with Crippen molar-refractivity contribution in [2.75, 3.05) is 6.54 Å². The van der Waals surface area contributed by atoms with Gasteiger partial charge in [0, 0.05) is 6.07 Å². The van der Waals surface area contributed by atoms with Crippen LogP contribution in [0.3, 0.4) is 0 Å². The van der Waals surface area contributed by atoms with Gasteiger partial charge in [0.05, 0.1) is 5.56 Å². The maximum atomic E-state index is 13.4. The first-order valence-corrected chi connectivity index (χ1v) is 6.53. The van der Waals surface area contributed by atoms with Crippen LogP contribution in [0.1, 0.15) is 21.5 Å². The highest BCUT2D eigenvalue weighted by molar-refractivity contribution is 5.87. The molecule has 0 aromatic heterocycles. The van der Waals surface area contributed by atoms with Gasteiger partial charge >= 0.3 is 5.97 Å². The maximum absolute atomic E-state index is 13.4. The Hall–Kier alpha value is -2.40. The van der Waals surface area contributed by atoms with Crippen molar-refractivity contribution >= 4 is 5.97 Å². The van der Waals surface area contributed by atoms with Gasteiger partial charge in [-0.3, -0.25) is 0 Å². The van der Waals surface area contributed by atoms with E-state index in [0.29, 0.717) is 18.7 Å². The molecular formula is C16H16FNO3. The number of hydrogen-bond acceptors (Lipinski definition) is 3. The molecule has 3 N–H and O–H groups in total. The van der Waals surface area contributed by atoms with Crippen LogP contribution < -0.4 is 10.5 Å². The van der Waals surface area contributed by atoms with Crippen molar-refractivity contribution in [1.82, 2.24) is 0 Å². The predicted molar refractivity (Wildman–Crippen MR) is 76.9 cm³/mol. The summed E-state index contributed by atoms with van der Waals surface area (Å²) < 4.78 is 19.0. The third-order valence-corrected chi connectivity index (χ3v) is 2.97. The highest BCUT2D eigenvalue weighted by Gasteiger charge is 2.04. The Morgan fingerprint density at radius 2 is 1.86 bits per heavy atom. The minimum absolute atomic E-state index is 0.217. The number of carbonyl (C=O) groups is 1. The number of aromatic carboxylic acids is 1. The van der Waals surface area contributed by atoms with E-state index in [1.165, 1.54) is 24.3 Å². The summed E-state index contributed by atoms with van der Waals surface area (Å²) in [5, 5.41) is 8.81. The number of halogens is 1. The molecule has 0 aliphatic rings. The molecule has 110 valence electrons. The number of carboxylic acid groups (broad SMARTS) is 1. The molecule has 0 heterocycles. The van der Waals surface area contributed by atoms with Crippen LogP contribution in [0.4, 0.5) is 4.39 Å². The van der Waals surface area contributed by atoms with Crippen LogP contribution in [0.5, 0.6) is 5.75 Å². The first kappa shape index (κ1) is 15.0. The lowest BCUT2D eigenvalue weighted by molar-refractivity contribution is 0.0697. The van der Waals surface area contributed by atoms with Gasteiger partial charge in [0.1, 0.15) is 18.2 Å². The number of nitrogens with two attached hydrogens (primary N) is 1. The van der Waals surface area contributed by atoms with Crippen molar-refractivity contribution in [2.45, 2.75) is 13.0 Å². The van der Waals surface area contributed by atoms with E-state index in [0.717, 1.165) is 11.1 Å². The fraction of sp³-hybridized carbons (Fsp3) is 0.188. The molecule has 5 heteroatoms. The van der Waals surface area contributed by atoms with Gasteiger partial charge in [-0.25, -0.2) is 9.18 Å². The second-order valence-corrected chi connectivity index (χ2v) is 4.62. The van der Waals surface area contributed by atoms with Crippen molar-refractivity contribution in [3.63, 3.8) is 0 Å². The fourth-order valence-electron chi connectivity index (χ4n) is 1.93. The number of hydrogen-bond donors (Lipinski definition) is 2. The van der Waals surface area contributed by atoms with Gasteiger partial charge in [-0.2, -0.15) is 0 Å². The summed E-state index contributed by atoms with van der Waals surface area (Å²) in [7, 11) is 0. The molecular weight excluding hydrogens is 273 g/mol. The van der Waals surface area contributed by atoms with Crippen LogP contribution >= 0.6 is 0 Å². The summed E-state index contributed by atoms with van der Waals surface area (Å²) in [6.07, 6.45) is 0.585. The number of rotatable bonds is 6. The molecule has 21 heavy (non-hydrogen) atoms. The molecule has 0 bridgehead atoms. The summed E-state index contributed by atoms with van der Waals surface area (Å²) >= 11 is 0. The standard InChI is InChI=1S/C16H16FNO3/c17-14-7-12(5-6-18)8-15(9-14)21-10-11-1-3-13(4-2-11)16(19)20/h1-4,7-9H,5-6,10,18H2,(H,19,20). The summed E-state index contributed by atoms with van der Waals surface area (Å²) in [4.78, 5) is 10.7. The quantitative estimate of drug-likeness (QED) is 0.857. The first-order valence-electron chi connectivity index (χ1n) is 6.53. The lowest BCUT2D eigenvalue weighted by atomic mass is 10.1. The summed E-state index contributed by atoms with van der Waals surface area (Å²) in [5.74, 6) is -0.906. The molecule has 0 radical (unpaired) electrons. The zero-order valence-electron chi connectivity index (χ0n) is 11.4. The lowest BCUT2D eigenvalue weighted by Gasteiger charge is -2.09. The van der Waals surface area contributed by atoms with Crippen molar-refractivity contribution in [3.8, 4) is 5.75 Å². The molecule has 0 saturated heterocycles. The van der Waals surface area contributed by atoms with E-state index < -0.39 is 5.97 Å². The molecule has 0 unspecified atom stereocenters. The van der Waals surface area contributed by atoms with Crippen molar-refractivity contribution in [1.29, 1.82) is 0 Å². The minimum Gasteiger partial charge on any atom is -0.489 e. The van der Waals surface area contributed by atoms with Crippen LogP contribution in [0, 0.1) is 5.82 Å². The molecule has 0 spiro atoms. The predicted octanol–water partition coefficient (Wildman–Crippen LogP) is 2.60. The molecule has 0 saturated carbocycles. The molecule has 0 fully saturated rings. The first-order chi connectivity index (χ1) is 10.1. The summed E-state index contributed by atoms with van der Waals surface area (Å²) in [6, 6.07) is 10.8. The Balaban J connectivity index is 2.03. The minimum atomic E-state index is -0.973. The smallest absolute Gasteiger partial charge is 0.335 e. The highest BCUT2D eigenvalue weighted by atomic mass is 19.1. The molecule has 2 aromatic rings. The second-order valence-electron chi connectivity index (χ2n) is 4.62. The lowest BCUT2D eigenvalue weighted by Crippen LogP contribution is -2.04. The Morgan fingerprint density at radius 1 is 1.14 bits per heavy atom. The van der Waals surface area contributed by atoms with Crippen LogP contribution in [0.2, 0.25) is 0 Å². The van der Waals surface area contributed by atoms with Crippen LogP contribution in [0.15, 0.2) is 42.5 Å². The van der Waals surface area contributed by atoms with Crippen molar-refractivity contribution in [2.24, 2.45) is 5.73 Å². The van der Waals surface area contributed by atoms with Crippen LogP contribution in [0.25, 0.3) is 0 Å². The zero-order valence-corrected chi connectivity index (χ0v) is 11.4. The van der Waals surface area contributed by atoms with E-state index in [1.807, 2.05) is 0 Å². The Kier molecular flexibility index (Phi) is 4.90. The molecule has 0 amide bonds. The topological polar surface area (TPSA) is 72.5 Å². The monoisotopic (exact) mass is 289 g/mol. The molecule has 0 aliphatic heterocycles. The third kappa shape index (κ3) is 4.29. The van der Waals surface area contributed by atoms with Gasteiger partial charge in [-0.15, -0.1) is 0 Å². The number of ether oxygens (including phenoxy) is 1. The molecule has 2 rings (SSSR count). The van der Waals surface area contributed by atoms with Gasteiger partial charge in [-0.1, -0.05) is 12.1 Å². The van der Waals surface area contributed by atoms with Gasteiger partial charge < -0.3 is 15.6 Å². The average molecular weight is 289 g/mol. The second kappa shape index (κ2) is 6.85. The Labute approximate surface area is 122 Å².